The molecule has 2 N–H and O–H groups in total. The van der Waals surface area contributed by atoms with Crippen LogP contribution >= 0.6 is 24.0 Å². The second-order valence-electron chi connectivity index (χ2n) is 4.79. The molecule has 138 valence electrons. The minimum Gasteiger partial charge on any atom is -0.469 e. The van der Waals surface area contributed by atoms with Gasteiger partial charge in [-0.25, -0.2) is 0 Å². The van der Waals surface area contributed by atoms with E-state index in [1.165, 1.54) is 7.11 Å². The summed E-state index contributed by atoms with van der Waals surface area (Å²) in [5.74, 6) is 0.197. The van der Waals surface area contributed by atoms with Crippen molar-refractivity contribution in [1.82, 2.24) is 10.6 Å². The zero-order chi connectivity index (χ0) is 16.8. The zero-order valence-electron chi connectivity index (χ0n) is 13.7. The summed E-state index contributed by atoms with van der Waals surface area (Å²) in [6, 6.07) is 0. The summed E-state index contributed by atoms with van der Waals surface area (Å²) in [7, 11) is 1.37. The third kappa shape index (κ3) is 17.4. The molecular weight excluding hydrogens is 426 g/mol. The molecule has 0 aromatic carbocycles. The van der Waals surface area contributed by atoms with Gasteiger partial charge in [-0.1, -0.05) is 12.8 Å². The Morgan fingerprint density at radius 2 is 1.78 bits per heavy atom. The van der Waals surface area contributed by atoms with Crippen molar-refractivity contribution in [3.05, 3.63) is 0 Å². The van der Waals surface area contributed by atoms with Crippen molar-refractivity contribution < 1.29 is 22.7 Å². The van der Waals surface area contributed by atoms with Gasteiger partial charge in [-0.2, -0.15) is 13.2 Å². The lowest BCUT2D eigenvalue weighted by Crippen LogP contribution is -2.39. The van der Waals surface area contributed by atoms with Crippen molar-refractivity contribution >= 4 is 35.9 Å². The van der Waals surface area contributed by atoms with E-state index in [1.807, 2.05) is 6.92 Å². The normalized spacial score (nSPS) is 11.6. The first kappa shape index (κ1) is 24.5. The summed E-state index contributed by atoms with van der Waals surface area (Å²) in [5, 5.41) is 5.56. The number of halogens is 4. The van der Waals surface area contributed by atoms with Gasteiger partial charge >= 0.3 is 12.1 Å². The maximum absolute atomic E-state index is 12.1. The van der Waals surface area contributed by atoms with E-state index in [-0.39, 0.29) is 36.5 Å². The standard InChI is InChI=1S/C14H26F3N3O2.HI/c1-3-18-13(20-11-9-14(15,16)17)19-10-7-5-4-6-8-12(21)22-2;/h3-11H2,1-2H3,(H2,18,19,20);1H. The number of nitrogens with one attached hydrogen (secondary N) is 2. The Kier molecular flexibility index (Phi) is 15.8. The SMILES string of the molecule is CCNC(=NCCCCCCC(=O)OC)NCCC(F)(F)F.I. The molecule has 0 aliphatic heterocycles. The number of esters is 1. The summed E-state index contributed by atoms with van der Waals surface area (Å²) in [6.07, 6.45) is -1.20. The summed E-state index contributed by atoms with van der Waals surface area (Å²) >= 11 is 0. The molecule has 0 amide bonds. The van der Waals surface area contributed by atoms with Gasteiger partial charge in [0, 0.05) is 26.1 Å². The number of nitrogens with zero attached hydrogens (tertiary/aromatic N) is 1. The highest BCUT2D eigenvalue weighted by atomic mass is 127. The van der Waals surface area contributed by atoms with Gasteiger partial charge in [-0.05, 0) is 19.8 Å². The van der Waals surface area contributed by atoms with Crippen LogP contribution in [0.4, 0.5) is 13.2 Å². The summed E-state index contributed by atoms with van der Waals surface area (Å²) in [6.45, 7) is 2.80. The molecule has 9 heteroatoms. The van der Waals surface area contributed by atoms with Crippen LogP contribution in [0.5, 0.6) is 0 Å². The predicted octanol–water partition coefficient (Wildman–Crippen LogP) is 3.24. The largest absolute Gasteiger partial charge is 0.469 e. The van der Waals surface area contributed by atoms with Crippen molar-refractivity contribution in [2.75, 3.05) is 26.7 Å². The lowest BCUT2D eigenvalue weighted by atomic mass is 10.1. The summed E-state index contributed by atoms with van der Waals surface area (Å²) < 4.78 is 40.7. The molecule has 0 saturated carbocycles. The molecule has 0 fully saturated rings. The number of unbranched alkanes of at least 4 members (excludes halogenated alkanes) is 3. The minimum atomic E-state index is -4.16. The molecular formula is C14H27F3IN3O2. The molecule has 0 unspecified atom stereocenters. The van der Waals surface area contributed by atoms with E-state index in [9.17, 15) is 18.0 Å². The van der Waals surface area contributed by atoms with Crippen molar-refractivity contribution in [3.63, 3.8) is 0 Å². The molecule has 5 nitrogen and oxygen atoms in total. The number of methoxy groups -OCH3 is 1. The molecule has 0 saturated heterocycles. The van der Waals surface area contributed by atoms with Crippen LogP contribution < -0.4 is 10.6 Å². The number of guanidine groups is 1. The first-order valence-electron chi connectivity index (χ1n) is 7.54. The smallest absolute Gasteiger partial charge is 0.390 e. The molecule has 23 heavy (non-hydrogen) atoms. The van der Waals surface area contributed by atoms with Crippen LogP contribution in [-0.4, -0.2) is 44.8 Å². The fourth-order valence-electron chi connectivity index (χ4n) is 1.69. The number of carbonyl (C=O) groups excluding carboxylic acids is 1. The van der Waals surface area contributed by atoms with Crippen LogP contribution in [0.15, 0.2) is 4.99 Å². The third-order valence-electron chi connectivity index (χ3n) is 2.83. The summed E-state index contributed by atoms with van der Waals surface area (Å²) in [5.41, 5.74) is 0. The van der Waals surface area contributed by atoms with Crippen LogP contribution in [0, 0.1) is 0 Å². The molecule has 0 atom stereocenters. The molecule has 0 spiro atoms. The average molecular weight is 453 g/mol. The van der Waals surface area contributed by atoms with Crippen LogP contribution in [0.25, 0.3) is 0 Å². The number of carbonyl (C=O) groups is 1. The summed E-state index contributed by atoms with van der Waals surface area (Å²) in [4.78, 5) is 15.1. The van der Waals surface area contributed by atoms with E-state index in [0.29, 0.717) is 25.5 Å². The average Bonchev–Trinajstić information content (AvgIpc) is 2.44. The highest BCUT2D eigenvalue weighted by Gasteiger charge is 2.26. The molecule has 0 bridgehead atoms. The van der Waals surface area contributed by atoms with Gasteiger partial charge in [0.1, 0.15) is 0 Å². The maximum atomic E-state index is 12.1. The fourth-order valence-corrected chi connectivity index (χ4v) is 1.69. The Hall–Kier alpha value is -0.740. The highest BCUT2D eigenvalue weighted by molar-refractivity contribution is 14.0. The van der Waals surface area contributed by atoms with Gasteiger partial charge in [0.2, 0.25) is 0 Å². The van der Waals surface area contributed by atoms with Gasteiger partial charge in [0.05, 0.1) is 13.5 Å². The Balaban J connectivity index is 0. The molecule has 0 aliphatic carbocycles. The van der Waals surface area contributed by atoms with Crippen LogP contribution in [0.1, 0.15) is 45.4 Å². The van der Waals surface area contributed by atoms with Crippen LogP contribution in [0.2, 0.25) is 0 Å². The second kappa shape index (κ2) is 14.8. The quantitative estimate of drug-likeness (QED) is 0.175. The van der Waals surface area contributed by atoms with E-state index in [0.717, 1.165) is 25.7 Å². The minimum absolute atomic E-state index is 0. The van der Waals surface area contributed by atoms with E-state index < -0.39 is 12.6 Å². The van der Waals surface area contributed by atoms with Crippen molar-refractivity contribution in [1.29, 1.82) is 0 Å². The highest BCUT2D eigenvalue weighted by Crippen LogP contribution is 2.18. The van der Waals surface area contributed by atoms with Gasteiger partial charge in [-0.3, -0.25) is 9.79 Å². The predicted molar refractivity (Wildman–Crippen MR) is 95.2 cm³/mol. The van der Waals surface area contributed by atoms with Gasteiger partial charge in [0.15, 0.2) is 5.96 Å². The molecule has 0 rings (SSSR count). The van der Waals surface area contributed by atoms with Crippen molar-refractivity contribution in [3.8, 4) is 0 Å². The first-order valence-corrected chi connectivity index (χ1v) is 7.54. The Morgan fingerprint density at radius 3 is 2.35 bits per heavy atom. The molecule has 0 aromatic heterocycles. The van der Waals surface area contributed by atoms with Crippen LogP contribution in [-0.2, 0) is 9.53 Å². The number of hydrogen-bond donors (Lipinski definition) is 2. The van der Waals surface area contributed by atoms with Crippen molar-refractivity contribution in [2.45, 2.75) is 51.6 Å². The Bertz CT molecular complexity index is 340. The monoisotopic (exact) mass is 453 g/mol. The molecule has 0 aliphatic rings. The van der Waals surface area contributed by atoms with E-state index in [2.05, 4.69) is 20.4 Å². The first-order chi connectivity index (χ1) is 10.4. The molecule has 0 aromatic rings. The topological polar surface area (TPSA) is 62.7 Å². The Morgan fingerprint density at radius 1 is 1.13 bits per heavy atom. The molecule has 0 heterocycles. The van der Waals surface area contributed by atoms with E-state index in [4.69, 9.17) is 0 Å². The molecule has 0 radical (unpaired) electrons. The van der Waals surface area contributed by atoms with E-state index >= 15 is 0 Å². The van der Waals surface area contributed by atoms with Crippen molar-refractivity contribution in [2.24, 2.45) is 4.99 Å². The number of alkyl halides is 3. The Labute approximate surface area is 152 Å². The lowest BCUT2D eigenvalue weighted by molar-refractivity contribution is -0.140. The van der Waals surface area contributed by atoms with Gasteiger partial charge < -0.3 is 15.4 Å². The third-order valence-corrected chi connectivity index (χ3v) is 2.83. The van der Waals surface area contributed by atoms with Gasteiger partial charge in [0.25, 0.3) is 0 Å². The maximum Gasteiger partial charge on any atom is 0.390 e. The zero-order valence-corrected chi connectivity index (χ0v) is 16.0. The van der Waals surface area contributed by atoms with Gasteiger partial charge in [-0.15, -0.1) is 24.0 Å². The number of rotatable bonds is 10. The second-order valence-corrected chi connectivity index (χ2v) is 4.79. The fraction of sp³-hybridized carbons (Fsp3) is 0.857. The number of ether oxygens (including phenoxy) is 1. The number of aliphatic imine (C=N–C) groups is 1. The number of hydrogen-bond acceptors (Lipinski definition) is 3. The van der Waals surface area contributed by atoms with E-state index in [1.54, 1.807) is 0 Å². The lowest BCUT2D eigenvalue weighted by Gasteiger charge is -2.12. The van der Waals surface area contributed by atoms with Crippen LogP contribution in [0.3, 0.4) is 0 Å².